The molecule has 1 unspecified atom stereocenters. The number of pyridine rings is 1. The summed E-state index contributed by atoms with van der Waals surface area (Å²) >= 11 is 5.55. The van der Waals surface area contributed by atoms with E-state index in [-0.39, 0.29) is 17.0 Å². The Morgan fingerprint density at radius 1 is 1.67 bits per heavy atom. The largest absolute Gasteiger partial charge is 0.364 e. The van der Waals surface area contributed by atoms with Crippen LogP contribution in [0.5, 0.6) is 0 Å². The van der Waals surface area contributed by atoms with Crippen molar-refractivity contribution in [1.29, 1.82) is 0 Å². The molecular formula is C10H13ClN2O2. The molecule has 1 aromatic rings. The van der Waals surface area contributed by atoms with E-state index in [1.807, 2.05) is 0 Å². The minimum absolute atomic E-state index is 0.109. The molecule has 0 aliphatic rings. The van der Waals surface area contributed by atoms with Gasteiger partial charge in [-0.15, -0.1) is 11.6 Å². The van der Waals surface area contributed by atoms with Gasteiger partial charge < -0.3 is 10.3 Å². The van der Waals surface area contributed by atoms with Gasteiger partial charge in [0.05, 0.1) is 0 Å². The predicted molar refractivity (Wildman–Crippen MR) is 59.4 cm³/mol. The number of aromatic nitrogens is 1. The molecule has 5 heteroatoms. The number of alkyl halides is 1. The van der Waals surface area contributed by atoms with E-state index < -0.39 is 5.91 Å². The lowest BCUT2D eigenvalue weighted by atomic mass is 10.2. The summed E-state index contributed by atoms with van der Waals surface area (Å²) in [6.45, 7) is 3.53. The standard InChI is InChI=1S/C10H13ClN2O2/c1-6-3-9(14)8(5-12-6)10(15)13-7(2)4-11/h3,5,7H,4H2,1-2H3,(H,12,14)(H,13,15). The number of hydrogen-bond acceptors (Lipinski definition) is 2. The highest BCUT2D eigenvalue weighted by atomic mass is 35.5. The topological polar surface area (TPSA) is 62.0 Å². The third-order valence-corrected chi connectivity index (χ3v) is 2.37. The van der Waals surface area contributed by atoms with Crippen LogP contribution >= 0.6 is 11.6 Å². The van der Waals surface area contributed by atoms with Gasteiger partial charge in [-0.1, -0.05) is 0 Å². The first-order valence-corrected chi connectivity index (χ1v) is 5.14. The molecule has 0 saturated heterocycles. The number of carbonyl (C=O) groups excluding carboxylic acids is 1. The minimum Gasteiger partial charge on any atom is -0.364 e. The molecule has 82 valence electrons. The summed E-state index contributed by atoms with van der Waals surface area (Å²) < 4.78 is 0. The SMILES string of the molecule is Cc1cc(=O)c(C(=O)NC(C)CCl)c[nH]1. The first kappa shape index (κ1) is 11.8. The van der Waals surface area contributed by atoms with Crippen molar-refractivity contribution in [2.45, 2.75) is 19.9 Å². The molecule has 4 nitrogen and oxygen atoms in total. The quantitative estimate of drug-likeness (QED) is 0.760. The molecule has 2 N–H and O–H groups in total. The van der Waals surface area contributed by atoms with Gasteiger partial charge in [0.1, 0.15) is 5.56 Å². The highest BCUT2D eigenvalue weighted by Gasteiger charge is 2.12. The van der Waals surface area contributed by atoms with E-state index in [9.17, 15) is 9.59 Å². The maximum absolute atomic E-state index is 11.6. The fourth-order valence-corrected chi connectivity index (χ4v) is 1.17. The Balaban J connectivity index is 2.88. The predicted octanol–water partition coefficient (Wildman–Crippen LogP) is 1.04. The molecular weight excluding hydrogens is 216 g/mol. The van der Waals surface area contributed by atoms with E-state index in [1.165, 1.54) is 12.3 Å². The van der Waals surface area contributed by atoms with Crippen LogP contribution in [-0.2, 0) is 0 Å². The number of rotatable bonds is 3. The zero-order chi connectivity index (χ0) is 11.4. The van der Waals surface area contributed by atoms with Crippen LogP contribution in [0.15, 0.2) is 17.1 Å². The van der Waals surface area contributed by atoms with Gasteiger partial charge in [0.15, 0.2) is 5.43 Å². The second-order valence-corrected chi connectivity index (χ2v) is 3.73. The molecule has 1 rings (SSSR count). The van der Waals surface area contributed by atoms with Crippen LogP contribution in [0.3, 0.4) is 0 Å². The lowest BCUT2D eigenvalue weighted by molar-refractivity contribution is 0.0942. The summed E-state index contributed by atoms with van der Waals surface area (Å²) in [4.78, 5) is 25.8. The molecule has 0 bridgehead atoms. The summed E-state index contributed by atoms with van der Waals surface area (Å²) in [5, 5.41) is 2.62. The first-order valence-electron chi connectivity index (χ1n) is 4.60. The monoisotopic (exact) mass is 228 g/mol. The molecule has 1 aromatic heterocycles. The number of carbonyl (C=O) groups is 1. The first-order chi connectivity index (χ1) is 7.04. The Kier molecular flexibility index (Phi) is 3.91. The van der Waals surface area contributed by atoms with Crippen molar-refractivity contribution in [1.82, 2.24) is 10.3 Å². The molecule has 1 heterocycles. The van der Waals surface area contributed by atoms with Crippen molar-refractivity contribution >= 4 is 17.5 Å². The van der Waals surface area contributed by atoms with Gasteiger partial charge in [0, 0.05) is 29.9 Å². The number of aromatic amines is 1. The van der Waals surface area contributed by atoms with Gasteiger partial charge in [-0.3, -0.25) is 9.59 Å². The summed E-state index contributed by atoms with van der Waals surface area (Å²) in [5.41, 5.74) is 0.546. The average Bonchev–Trinajstić information content (AvgIpc) is 2.17. The third-order valence-electron chi connectivity index (χ3n) is 1.91. The van der Waals surface area contributed by atoms with E-state index in [1.54, 1.807) is 13.8 Å². The molecule has 0 fully saturated rings. The van der Waals surface area contributed by atoms with Gasteiger partial charge >= 0.3 is 0 Å². The number of amides is 1. The van der Waals surface area contributed by atoms with Crippen LogP contribution in [0.25, 0.3) is 0 Å². The van der Waals surface area contributed by atoms with Gasteiger partial charge in [0.2, 0.25) is 0 Å². The van der Waals surface area contributed by atoms with Gasteiger partial charge in [0.25, 0.3) is 5.91 Å². The van der Waals surface area contributed by atoms with Gasteiger partial charge in [-0.05, 0) is 13.8 Å². The smallest absolute Gasteiger partial charge is 0.256 e. The van der Waals surface area contributed by atoms with E-state index in [0.717, 1.165) is 5.69 Å². The molecule has 15 heavy (non-hydrogen) atoms. The van der Waals surface area contributed by atoms with E-state index in [2.05, 4.69) is 10.3 Å². The van der Waals surface area contributed by atoms with Crippen LogP contribution in [0.1, 0.15) is 23.0 Å². The van der Waals surface area contributed by atoms with Crippen LogP contribution < -0.4 is 10.7 Å². The van der Waals surface area contributed by atoms with E-state index in [4.69, 9.17) is 11.6 Å². The van der Waals surface area contributed by atoms with Crippen LogP contribution in [-0.4, -0.2) is 22.8 Å². The Bertz CT molecular complexity index is 414. The second-order valence-electron chi connectivity index (χ2n) is 3.42. The maximum atomic E-state index is 11.6. The highest BCUT2D eigenvalue weighted by molar-refractivity contribution is 6.18. The third kappa shape index (κ3) is 3.09. The number of nitrogens with one attached hydrogen (secondary N) is 2. The number of H-pyrrole nitrogens is 1. The Morgan fingerprint density at radius 3 is 2.87 bits per heavy atom. The molecule has 0 spiro atoms. The zero-order valence-corrected chi connectivity index (χ0v) is 9.39. The van der Waals surface area contributed by atoms with Crippen molar-refractivity contribution in [2.75, 3.05) is 5.88 Å². The minimum atomic E-state index is -0.399. The number of halogens is 1. The summed E-state index contributed by atoms with van der Waals surface area (Å²) in [7, 11) is 0. The Labute approximate surface area is 92.7 Å². The van der Waals surface area contributed by atoms with Crippen LogP contribution in [0.2, 0.25) is 0 Å². The zero-order valence-electron chi connectivity index (χ0n) is 8.63. The van der Waals surface area contributed by atoms with E-state index >= 15 is 0 Å². The number of hydrogen-bond donors (Lipinski definition) is 2. The molecule has 0 aliphatic heterocycles. The second kappa shape index (κ2) is 4.98. The molecule has 0 saturated carbocycles. The molecule has 1 amide bonds. The Hall–Kier alpha value is -1.29. The van der Waals surface area contributed by atoms with Crippen molar-refractivity contribution in [3.05, 3.63) is 33.7 Å². The normalized spacial score (nSPS) is 12.2. The molecule has 0 aliphatic carbocycles. The fraction of sp³-hybridized carbons (Fsp3) is 0.400. The van der Waals surface area contributed by atoms with Crippen molar-refractivity contribution in [3.8, 4) is 0 Å². The Morgan fingerprint density at radius 2 is 2.33 bits per heavy atom. The summed E-state index contributed by atoms with van der Waals surface area (Å²) in [6, 6.07) is 1.24. The number of aryl methyl sites for hydroxylation is 1. The van der Waals surface area contributed by atoms with Crippen molar-refractivity contribution < 1.29 is 4.79 Å². The van der Waals surface area contributed by atoms with Crippen molar-refractivity contribution in [2.24, 2.45) is 0 Å². The average molecular weight is 229 g/mol. The summed E-state index contributed by atoms with van der Waals surface area (Å²) in [6.07, 6.45) is 1.41. The van der Waals surface area contributed by atoms with Crippen molar-refractivity contribution in [3.63, 3.8) is 0 Å². The van der Waals surface area contributed by atoms with Gasteiger partial charge in [-0.2, -0.15) is 0 Å². The molecule has 1 atom stereocenters. The highest BCUT2D eigenvalue weighted by Crippen LogP contribution is 1.94. The lowest BCUT2D eigenvalue weighted by Crippen LogP contribution is -2.36. The maximum Gasteiger partial charge on any atom is 0.256 e. The van der Waals surface area contributed by atoms with Gasteiger partial charge in [-0.25, -0.2) is 0 Å². The fourth-order valence-electron chi connectivity index (χ4n) is 1.09. The molecule has 0 aromatic carbocycles. The van der Waals surface area contributed by atoms with E-state index in [0.29, 0.717) is 5.88 Å². The summed E-state index contributed by atoms with van der Waals surface area (Å²) in [5.74, 6) is -0.0837. The lowest BCUT2D eigenvalue weighted by Gasteiger charge is -2.09. The van der Waals surface area contributed by atoms with Crippen LogP contribution in [0.4, 0.5) is 0 Å². The molecule has 0 radical (unpaired) electrons. The van der Waals surface area contributed by atoms with Crippen LogP contribution in [0, 0.1) is 6.92 Å².